The molecule has 0 spiro atoms. The van der Waals surface area contributed by atoms with Crippen LogP contribution in [0.25, 0.3) is 82.5 Å². The maximum absolute atomic E-state index is 11.4. The summed E-state index contributed by atoms with van der Waals surface area (Å²) in [6, 6.07) is 58.2. The summed E-state index contributed by atoms with van der Waals surface area (Å²) in [5.74, 6) is 0. The Bertz CT molecular complexity index is 2810. The third kappa shape index (κ3) is 3.46. The molecular formula is C43H26N4. The number of fused-ring (bicyclic) bond motifs is 9. The molecule has 4 heteroatoms. The predicted octanol–water partition coefficient (Wildman–Crippen LogP) is 10.8. The summed E-state index contributed by atoms with van der Waals surface area (Å²) in [6.07, 6.45) is 0. The average molecular weight is 599 g/mol. The highest BCUT2D eigenvalue weighted by molar-refractivity contribution is 6.17. The number of aromatic nitrogens is 3. The smallest absolute Gasteiger partial charge is 0.104 e. The zero-order valence-corrected chi connectivity index (χ0v) is 25.3. The Balaban J connectivity index is 1.51. The summed E-state index contributed by atoms with van der Waals surface area (Å²) in [7, 11) is 0. The van der Waals surface area contributed by atoms with Crippen molar-refractivity contribution in [2.45, 2.75) is 0 Å². The zero-order valence-electron chi connectivity index (χ0n) is 25.3. The summed E-state index contributed by atoms with van der Waals surface area (Å²) >= 11 is 0. The van der Waals surface area contributed by atoms with Crippen LogP contribution in [0.3, 0.4) is 0 Å². The second-order valence-corrected chi connectivity index (χ2v) is 12.1. The maximum atomic E-state index is 11.4. The van der Waals surface area contributed by atoms with Crippen LogP contribution in [-0.2, 0) is 0 Å². The van der Waals surface area contributed by atoms with Gasteiger partial charge in [0.15, 0.2) is 0 Å². The third-order valence-corrected chi connectivity index (χ3v) is 9.66. The molecule has 10 rings (SSSR count). The average Bonchev–Trinajstić information content (AvgIpc) is 3.77. The first-order valence-electron chi connectivity index (χ1n) is 15.9. The van der Waals surface area contributed by atoms with Crippen molar-refractivity contribution < 1.29 is 0 Å². The summed E-state index contributed by atoms with van der Waals surface area (Å²) in [6.45, 7) is 0. The van der Waals surface area contributed by atoms with E-state index in [0.717, 1.165) is 82.5 Å². The van der Waals surface area contributed by atoms with E-state index in [0.29, 0.717) is 5.56 Å². The van der Waals surface area contributed by atoms with Crippen molar-refractivity contribution in [2.75, 3.05) is 0 Å². The second kappa shape index (κ2) is 9.71. The van der Waals surface area contributed by atoms with Crippen LogP contribution in [0.15, 0.2) is 158 Å². The Morgan fingerprint density at radius 3 is 1.23 bits per heavy atom. The minimum absolute atomic E-state index is 0.621. The van der Waals surface area contributed by atoms with Crippen molar-refractivity contribution in [3.05, 3.63) is 163 Å². The fourth-order valence-corrected chi connectivity index (χ4v) is 7.79. The summed E-state index contributed by atoms with van der Waals surface area (Å²) < 4.78 is 6.94. The lowest BCUT2D eigenvalue weighted by atomic mass is 10.0. The van der Waals surface area contributed by atoms with Crippen molar-refractivity contribution in [3.8, 4) is 23.1 Å². The van der Waals surface area contributed by atoms with Crippen LogP contribution in [0.1, 0.15) is 5.56 Å². The Kier molecular flexibility index (Phi) is 5.32. The van der Waals surface area contributed by atoms with Gasteiger partial charge >= 0.3 is 0 Å². The molecule has 0 N–H and O–H groups in total. The molecule has 0 fully saturated rings. The molecule has 0 aliphatic carbocycles. The third-order valence-electron chi connectivity index (χ3n) is 9.66. The lowest BCUT2D eigenvalue weighted by Gasteiger charge is -2.19. The molecule has 218 valence electrons. The lowest BCUT2D eigenvalue weighted by Crippen LogP contribution is -2.07. The van der Waals surface area contributed by atoms with Gasteiger partial charge in [-0.1, -0.05) is 109 Å². The van der Waals surface area contributed by atoms with Crippen LogP contribution in [-0.4, -0.2) is 13.7 Å². The van der Waals surface area contributed by atoms with Gasteiger partial charge in [0.1, 0.15) is 11.6 Å². The van der Waals surface area contributed by atoms with Gasteiger partial charge < -0.3 is 13.7 Å². The van der Waals surface area contributed by atoms with Crippen LogP contribution >= 0.6 is 0 Å². The Morgan fingerprint density at radius 1 is 0.383 bits per heavy atom. The van der Waals surface area contributed by atoms with Gasteiger partial charge in [-0.3, -0.25) is 0 Å². The molecule has 0 atom stereocenters. The molecule has 0 amide bonds. The van der Waals surface area contributed by atoms with Gasteiger partial charge in [0, 0.05) is 38.0 Å². The standard InChI is InChI=1S/C43H26N4/c44-27-35-41(46-37-22-10-4-16-29(37)30-17-5-11-23-38(30)46)26-34-33-20-8-9-21-36(33)45(28-14-2-1-3-15-28)42(34)43(35)47-39-24-12-6-18-31(39)32-19-7-13-25-40(32)47/h1-26H. The van der Waals surface area contributed by atoms with Crippen LogP contribution in [0.5, 0.6) is 0 Å². The molecule has 3 aromatic heterocycles. The molecule has 47 heavy (non-hydrogen) atoms. The van der Waals surface area contributed by atoms with Crippen molar-refractivity contribution >= 4 is 65.4 Å². The molecule has 0 unspecified atom stereocenters. The number of hydrogen-bond donors (Lipinski definition) is 0. The fraction of sp³-hybridized carbons (Fsp3) is 0. The molecule has 4 nitrogen and oxygen atoms in total. The van der Waals surface area contributed by atoms with Gasteiger partial charge in [-0.25, -0.2) is 0 Å². The van der Waals surface area contributed by atoms with E-state index in [1.54, 1.807) is 0 Å². The predicted molar refractivity (Wildman–Crippen MR) is 194 cm³/mol. The van der Waals surface area contributed by atoms with Crippen LogP contribution in [0, 0.1) is 11.3 Å². The molecule has 0 bridgehead atoms. The van der Waals surface area contributed by atoms with E-state index in [9.17, 15) is 5.26 Å². The SMILES string of the molecule is N#Cc1c(-n2c3ccccc3c3ccccc32)cc2c3ccccc3n(-c3ccccc3)c2c1-n1c2ccccc2c2ccccc21. The highest BCUT2D eigenvalue weighted by atomic mass is 15.1. The Labute approximate surface area is 270 Å². The number of benzene rings is 7. The van der Waals surface area contributed by atoms with E-state index in [2.05, 4.69) is 171 Å². The van der Waals surface area contributed by atoms with Gasteiger partial charge in [-0.15, -0.1) is 0 Å². The number of para-hydroxylation sites is 6. The van der Waals surface area contributed by atoms with E-state index in [1.165, 1.54) is 0 Å². The molecule has 3 heterocycles. The molecule has 0 radical (unpaired) electrons. The number of hydrogen-bond acceptors (Lipinski definition) is 1. The van der Waals surface area contributed by atoms with E-state index < -0.39 is 0 Å². The van der Waals surface area contributed by atoms with Gasteiger partial charge in [-0.05, 0) is 48.5 Å². The summed E-state index contributed by atoms with van der Waals surface area (Å²) in [5.41, 5.74) is 9.79. The Hall–Kier alpha value is -6.57. The Morgan fingerprint density at radius 2 is 0.766 bits per heavy atom. The highest BCUT2D eigenvalue weighted by Crippen LogP contribution is 2.44. The first-order valence-corrected chi connectivity index (χ1v) is 15.9. The van der Waals surface area contributed by atoms with Crippen LogP contribution < -0.4 is 0 Å². The van der Waals surface area contributed by atoms with E-state index in [4.69, 9.17) is 0 Å². The van der Waals surface area contributed by atoms with Gasteiger partial charge in [0.25, 0.3) is 0 Å². The molecule has 0 saturated heterocycles. The van der Waals surface area contributed by atoms with E-state index >= 15 is 0 Å². The van der Waals surface area contributed by atoms with Crippen molar-refractivity contribution in [3.63, 3.8) is 0 Å². The minimum atomic E-state index is 0.621. The number of nitrogens with zero attached hydrogens (tertiary/aromatic N) is 4. The van der Waals surface area contributed by atoms with E-state index in [-0.39, 0.29) is 0 Å². The monoisotopic (exact) mass is 598 g/mol. The second-order valence-electron chi connectivity index (χ2n) is 12.1. The van der Waals surface area contributed by atoms with Crippen molar-refractivity contribution in [1.82, 2.24) is 13.7 Å². The summed E-state index contributed by atoms with van der Waals surface area (Å²) in [5, 5.41) is 18.3. The number of nitriles is 1. The molecule has 7 aromatic carbocycles. The fourth-order valence-electron chi connectivity index (χ4n) is 7.79. The van der Waals surface area contributed by atoms with E-state index in [1.807, 2.05) is 6.07 Å². The molecule has 0 saturated carbocycles. The number of rotatable bonds is 3. The molecule has 10 aromatic rings. The molecule has 0 aliphatic rings. The van der Waals surface area contributed by atoms with Gasteiger partial charge in [-0.2, -0.15) is 5.26 Å². The van der Waals surface area contributed by atoms with Gasteiger partial charge in [0.05, 0.1) is 44.5 Å². The van der Waals surface area contributed by atoms with Crippen molar-refractivity contribution in [2.24, 2.45) is 0 Å². The largest absolute Gasteiger partial charge is 0.308 e. The lowest BCUT2D eigenvalue weighted by molar-refractivity contribution is 1.10. The highest BCUT2D eigenvalue weighted by Gasteiger charge is 2.27. The summed E-state index contributed by atoms with van der Waals surface area (Å²) in [4.78, 5) is 0. The van der Waals surface area contributed by atoms with Gasteiger partial charge in [0.2, 0.25) is 0 Å². The first-order chi connectivity index (χ1) is 23.3. The van der Waals surface area contributed by atoms with Crippen LogP contribution in [0.2, 0.25) is 0 Å². The van der Waals surface area contributed by atoms with Crippen molar-refractivity contribution in [1.29, 1.82) is 5.26 Å². The molecule has 0 aliphatic heterocycles. The first kappa shape index (κ1) is 25.7. The molecular weight excluding hydrogens is 573 g/mol. The quantitative estimate of drug-likeness (QED) is 0.199. The normalized spacial score (nSPS) is 11.8. The maximum Gasteiger partial charge on any atom is 0.104 e. The zero-order chi connectivity index (χ0) is 31.1. The topological polar surface area (TPSA) is 38.6 Å². The minimum Gasteiger partial charge on any atom is -0.308 e. The van der Waals surface area contributed by atoms with Crippen LogP contribution in [0.4, 0.5) is 0 Å².